The van der Waals surface area contributed by atoms with E-state index in [-0.39, 0.29) is 16.9 Å². The number of nitrogens with zero attached hydrogens (tertiary/aromatic N) is 2. The zero-order chi connectivity index (χ0) is 23.2. The van der Waals surface area contributed by atoms with E-state index < -0.39 is 42.2 Å². The molecule has 0 spiro atoms. The maximum Gasteiger partial charge on any atom is 0.353 e. The third kappa shape index (κ3) is 4.26. The molecule has 8 nitrogen and oxygen atoms in total. The van der Waals surface area contributed by atoms with Crippen molar-refractivity contribution in [3.05, 3.63) is 10.6 Å². The monoisotopic (exact) mass is 472 g/mol. The molecule has 4 rings (SSSR count). The third-order valence-electron chi connectivity index (χ3n) is 7.05. The van der Waals surface area contributed by atoms with Crippen LogP contribution >= 0.6 is 11.8 Å². The molecule has 0 aromatic heterocycles. The van der Waals surface area contributed by atoms with Crippen molar-refractivity contribution in [1.82, 2.24) is 20.4 Å². The van der Waals surface area contributed by atoms with Crippen LogP contribution in [0.25, 0.3) is 0 Å². The minimum absolute atomic E-state index is 0.00382. The highest BCUT2D eigenvalue weighted by atomic mass is 32.2. The number of likely N-dealkylation sites (tertiary alicyclic amines) is 1. The van der Waals surface area contributed by atoms with Gasteiger partial charge >= 0.3 is 12.4 Å². The molecule has 0 aromatic carbocycles. The number of fused-ring (bicyclic) bond motifs is 1. The molecule has 0 saturated carbocycles. The van der Waals surface area contributed by atoms with Gasteiger partial charge in [0.2, 0.25) is 5.91 Å². The van der Waals surface area contributed by atoms with E-state index in [1.54, 1.807) is 0 Å². The summed E-state index contributed by atoms with van der Waals surface area (Å²) in [6.45, 7) is 7.41. The third-order valence-corrected chi connectivity index (χ3v) is 8.56. The number of halogens is 2. The van der Waals surface area contributed by atoms with E-state index in [9.17, 15) is 28.3 Å². The molecule has 0 bridgehead atoms. The molecule has 3 saturated heterocycles. The largest absolute Gasteiger partial charge is 0.477 e. The summed E-state index contributed by atoms with van der Waals surface area (Å²) in [4.78, 5) is 40.6. The highest BCUT2D eigenvalue weighted by Crippen LogP contribution is 2.51. The summed E-state index contributed by atoms with van der Waals surface area (Å²) in [6.07, 6.45) is 0.236. The minimum Gasteiger partial charge on any atom is -0.477 e. The number of carbonyl (C=O) groups excluding carboxylic acids is 2. The van der Waals surface area contributed by atoms with Crippen LogP contribution in [0.5, 0.6) is 0 Å². The normalized spacial score (nSPS) is 33.6. The van der Waals surface area contributed by atoms with E-state index in [2.05, 4.69) is 15.5 Å². The second-order valence-electron chi connectivity index (χ2n) is 9.22. The first-order valence-corrected chi connectivity index (χ1v) is 12.1. The highest BCUT2D eigenvalue weighted by Gasteiger charge is 2.60. The molecule has 2 amide bonds. The summed E-state index contributed by atoms with van der Waals surface area (Å²) in [6, 6.07) is -0.879. The Morgan fingerprint density at radius 3 is 2.62 bits per heavy atom. The zero-order valence-corrected chi connectivity index (χ0v) is 19.0. The number of β-lactam (4-membered cyclic amide) rings is 1. The summed E-state index contributed by atoms with van der Waals surface area (Å²) < 4.78 is 25.3. The van der Waals surface area contributed by atoms with Crippen LogP contribution < -0.4 is 10.6 Å². The Kier molecular flexibility index (Phi) is 6.78. The molecule has 178 valence electrons. The van der Waals surface area contributed by atoms with E-state index in [4.69, 9.17) is 0 Å². The van der Waals surface area contributed by atoms with Crippen LogP contribution in [-0.4, -0.2) is 88.7 Å². The molecular formula is C21H30F2N4O4S. The van der Waals surface area contributed by atoms with Gasteiger partial charge in [0.1, 0.15) is 5.70 Å². The Labute approximate surface area is 190 Å². The highest BCUT2D eigenvalue weighted by molar-refractivity contribution is 8.03. The van der Waals surface area contributed by atoms with Gasteiger partial charge in [-0.1, -0.05) is 6.92 Å². The molecule has 4 heterocycles. The lowest BCUT2D eigenvalue weighted by Gasteiger charge is -2.47. The number of hydrogen-bond donors (Lipinski definition) is 3. The molecule has 11 heteroatoms. The van der Waals surface area contributed by atoms with Crippen molar-refractivity contribution < 1.29 is 28.3 Å². The molecule has 4 aliphatic rings. The molecule has 6 atom stereocenters. The summed E-state index contributed by atoms with van der Waals surface area (Å²) in [5, 5.41) is 15.8. The Morgan fingerprint density at radius 2 is 2.00 bits per heavy atom. The molecule has 0 aromatic rings. The Morgan fingerprint density at radius 1 is 1.31 bits per heavy atom. The number of nitrogens with one attached hydrogen (secondary N) is 2. The van der Waals surface area contributed by atoms with Gasteiger partial charge in [0.25, 0.3) is 5.91 Å². The lowest BCUT2D eigenvalue weighted by molar-refractivity contribution is -0.159. The van der Waals surface area contributed by atoms with Gasteiger partial charge in [-0.05, 0) is 39.3 Å². The molecule has 4 aliphatic heterocycles. The first kappa shape index (κ1) is 23.4. The summed E-state index contributed by atoms with van der Waals surface area (Å²) >= 11 is 1.52. The standard InChI is InChI=1S/C21H30F2N4O4S/c1-10-15-14(11(2)25-19(28)18(22)23)20(29)27(15)16(21(30)31)17(10)32-13-7-12(24-8-13)9-26-5-3-4-6-26/h10-15,18,24H,3-9H2,1-2H3,(H,25,28)(H,30,31)/t10-,11-,12?,13+,14-,15-/m1/s1. The van der Waals surface area contributed by atoms with Gasteiger partial charge in [0.15, 0.2) is 0 Å². The first-order chi connectivity index (χ1) is 15.2. The zero-order valence-electron chi connectivity index (χ0n) is 18.2. The van der Waals surface area contributed by atoms with Crippen molar-refractivity contribution in [2.24, 2.45) is 11.8 Å². The van der Waals surface area contributed by atoms with Crippen LogP contribution in [0, 0.1) is 11.8 Å². The molecule has 1 unspecified atom stereocenters. The van der Waals surface area contributed by atoms with Gasteiger partial charge in [-0.3, -0.25) is 9.59 Å². The maximum atomic E-state index is 12.8. The predicted octanol–water partition coefficient (Wildman–Crippen LogP) is 1.09. The van der Waals surface area contributed by atoms with E-state index >= 15 is 0 Å². The van der Waals surface area contributed by atoms with Crippen LogP contribution in [0.4, 0.5) is 8.78 Å². The Balaban J connectivity index is 1.43. The van der Waals surface area contributed by atoms with Crippen molar-refractivity contribution in [2.75, 3.05) is 26.2 Å². The van der Waals surface area contributed by atoms with Crippen molar-refractivity contribution in [3.8, 4) is 0 Å². The lowest BCUT2D eigenvalue weighted by atomic mass is 9.78. The van der Waals surface area contributed by atoms with Crippen LogP contribution in [0.2, 0.25) is 0 Å². The van der Waals surface area contributed by atoms with E-state index in [0.717, 1.165) is 32.6 Å². The molecule has 3 fully saturated rings. The molecule has 0 aliphatic carbocycles. The van der Waals surface area contributed by atoms with E-state index in [1.807, 2.05) is 6.92 Å². The predicted molar refractivity (Wildman–Crippen MR) is 115 cm³/mol. The second-order valence-corrected chi connectivity index (χ2v) is 10.6. The van der Waals surface area contributed by atoms with Crippen LogP contribution in [0.1, 0.15) is 33.1 Å². The van der Waals surface area contributed by atoms with Gasteiger partial charge in [-0.15, -0.1) is 11.8 Å². The van der Waals surface area contributed by atoms with Crippen molar-refractivity contribution in [2.45, 2.75) is 62.9 Å². The van der Waals surface area contributed by atoms with Crippen LogP contribution in [-0.2, 0) is 14.4 Å². The first-order valence-electron chi connectivity index (χ1n) is 11.2. The van der Waals surface area contributed by atoms with Crippen LogP contribution in [0.3, 0.4) is 0 Å². The quantitative estimate of drug-likeness (QED) is 0.455. The number of rotatable bonds is 8. The number of aliphatic carboxylic acids is 1. The summed E-state index contributed by atoms with van der Waals surface area (Å²) in [7, 11) is 0. The number of carboxylic acid groups (broad SMARTS) is 1. The van der Waals surface area contributed by atoms with Crippen LogP contribution in [0.15, 0.2) is 10.6 Å². The molecule has 3 N–H and O–H groups in total. The van der Waals surface area contributed by atoms with Crippen molar-refractivity contribution in [1.29, 1.82) is 0 Å². The fraction of sp³-hybridized carbons (Fsp3) is 0.762. The van der Waals surface area contributed by atoms with Crippen molar-refractivity contribution in [3.63, 3.8) is 0 Å². The fourth-order valence-corrected chi connectivity index (χ4v) is 7.06. The van der Waals surface area contributed by atoms with Gasteiger partial charge in [-0.25, -0.2) is 4.79 Å². The minimum atomic E-state index is -3.16. The smallest absolute Gasteiger partial charge is 0.353 e. The average molecular weight is 473 g/mol. The number of carboxylic acids is 1. The SMILES string of the molecule is C[C@@H](NC(=O)C(F)F)[C@H]1C(=O)N2C(C(=O)O)=C(S[C@@H]3CNC(CN4CCCC4)C3)[C@H](C)[C@H]12. The topological polar surface area (TPSA) is 102 Å². The number of carbonyl (C=O) groups is 3. The number of hydrogen-bond acceptors (Lipinski definition) is 6. The maximum absolute atomic E-state index is 12.8. The Hall–Kier alpha value is -1.72. The van der Waals surface area contributed by atoms with Gasteiger partial charge in [-0.2, -0.15) is 8.78 Å². The van der Waals surface area contributed by atoms with Gasteiger partial charge in [0.05, 0.1) is 12.0 Å². The molecule has 0 radical (unpaired) electrons. The number of alkyl halides is 2. The van der Waals surface area contributed by atoms with Crippen molar-refractivity contribution >= 4 is 29.5 Å². The van der Waals surface area contributed by atoms with Gasteiger partial charge < -0.3 is 25.5 Å². The van der Waals surface area contributed by atoms with Gasteiger partial charge in [0, 0.05) is 41.2 Å². The Bertz CT molecular complexity index is 820. The fourth-order valence-electron chi connectivity index (χ4n) is 5.54. The second kappa shape index (κ2) is 9.26. The number of thioether (sulfide) groups is 1. The van der Waals surface area contributed by atoms with E-state index in [0.29, 0.717) is 10.9 Å². The number of amides is 2. The average Bonchev–Trinajstić information content (AvgIpc) is 3.43. The summed E-state index contributed by atoms with van der Waals surface area (Å²) in [5.41, 5.74) is 0.00382. The summed E-state index contributed by atoms with van der Waals surface area (Å²) in [5.74, 6) is -3.97. The lowest BCUT2D eigenvalue weighted by Crippen LogP contribution is -2.66. The molecule has 32 heavy (non-hydrogen) atoms. The van der Waals surface area contributed by atoms with E-state index in [1.165, 1.54) is 36.4 Å². The molecular weight excluding hydrogens is 442 g/mol.